The number of aryl methyl sites for hydroxylation is 1. The Balaban J connectivity index is 1.48. The van der Waals surface area contributed by atoms with Gasteiger partial charge in [-0.1, -0.05) is 54.9 Å². The van der Waals surface area contributed by atoms with Crippen LogP contribution in [0.5, 0.6) is 0 Å². The minimum atomic E-state index is -0.0462. The summed E-state index contributed by atoms with van der Waals surface area (Å²) in [6.07, 6.45) is 4.27. The van der Waals surface area contributed by atoms with Crippen molar-refractivity contribution in [2.75, 3.05) is 19.7 Å². The lowest BCUT2D eigenvalue weighted by Gasteiger charge is -2.40. The van der Waals surface area contributed by atoms with Crippen LogP contribution in [0.1, 0.15) is 37.8 Å². The van der Waals surface area contributed by atoms with Crippen molar-refractivity contribution in [2.45, 2.75) is 40.2 Å². The molecule has 0 unspecified atom stereocenters. The Bertz CT molecular complexity index is 1050. The lowest BCUT2D eigenvalue weighted by Crippen LogP contribution is -2.42. The summed E-state index contributed by atoms with van der Waals surface area (Å²) in [4.78, 5) is 2.46. The van der Waals surface area contributed by atoms with Gasteiger partial charge in [-0.05, 0) is 67.0 Å². The van der Waals surface area contributed by atoms with Crippen molar-refractivity contribution >= 4 is 11.6 Å². The first kappa shape index (κ1) is 22.0. The average molecular weight is 439 g/mol. The molecule has 1 saturated heterocycles. The first-order chi connectivity index (χ1) is 14.9. The maximum atomic E-state index is 9.74. The highest BCUT2D eigenvalue weighted by Crippen LogP contribution is 2.34. The van der Waals surface area contributed by atoms with E-state index in [1.54, 1.807) is 4.68 Å². The maximum Gasteiger partial charge on any atom is 0.113 e. The Morgan fingerprint density at radius 1 is 1.19 bits per heavy atom. The molecule has 0 aliphatic carbocycles. The van der Waals surface area contributed by atoms with Crippen molar-refractivity contribution in [1.29, 1.82) is 0 Å². The van der Waals surface area contributed by atoms with E-state index in [0.29, 0.717) is 5.92 Å². The second-order valence-electron chi connectivity index (χ2n) is 9.41. The number of nitrogens with zero attached hydrogens (tertiary/aromatic N) is 4. The first-order valence-electron chi connectivity index (χ1n) is 11.0. The van der Waals surface area contributed by atoms with Gasteiger partial charge in [-0.15, -0.1) is 5.10 Å². The molecule has 0 amide bonds. The number of piperidine rings is 1. The smallest absolute Gasteiger partial charge is 0.113 e. The molecular weight excluding hydrogens is 408 g/mol. The van der Waals surface area contributed by atoms with E-state index in [1.165, 1.54) is 12.0 Å². The number of aliphatic hydroxyl groups excluding tert-OH is 1. The van der Waals surface area contributed by atoms with Crippen molar-refractivity contribution in [3.8, 4) is 16.9 Å². The van der Waals surface area contributed by atoms with E-state index < -0.39 is 0 Å². The van der Waals surface area contributed by atoms with E-state index in [0.717, 1.165) is 53.6 Å². The zero-order chi connectivity index (χ0) is 22.0. The predicted octanol–water partition coefficient (Wildman–Crippen LogP) is 5.13. The molecule has 1 N–H and O–H groups in total. The molecule has 31 heavy (non-hydrogen) atoms. The first-order valence-corrected chi connectivity index (χ1v) is 11.3. The molecule has 0 spiro atoms. The Morgan fingerprint density at radius 2 is 2.03 bits per heavy atom. The van der Waals surface area contributed by atoms with E-state index in [9.17, 15) is 5.11 Å². The number of likely N-dealkylation sites (tertiary alicyclic amines) is 1. The molecule has 0 saturated carbocycles. The van der Waals surface area contributed by atoms with Gasteiger partial charge in [0.25, 0.3) is 0 Å². The molecule has 0 bridgehead atoms. The maximum absolute atomic E-state index is 9.74. The third-order valence-corrected chi connectivity index (χ3v) is 6.87. The Labute approximate surface area is 189 Å². The van der Waals surface area contributed by atoms with E-state index >= 15 is 0 Å². The van der Waals surface area contributed by atoms with Gasteiger partial charge < -0.3 is 5.11 Å². The van der Waals surface area contributed by atoms with Crippen molar-refractivity contribution in [2.24, 2.45) is 11.3 Å². The van der Waals surface area contributed by atoms with E-state index in [1.807, 2.05) is 24.4 Å². The molecule has 4 rings (SSSR count). The van der Waals surface area contributed by atoms with Crippen LogP contribution in [0.3, 0.4) is 0 Å². The summed E-state index contributed by atoms with van der Waals surface area (Å²) in [6, 6.07) is 14.3. The molecule has 1 aliphatic rings. The fourth-order valence-electron chi connectivity index (χ4n) is 4.33. The third kappa shape index (κ3) is 5.00. The summed E-state index contributed by atoms with van der Waals surface area (Å²) in [7, 11) is 0. The second kappa shape index (κ2) is 9.11. The van der Waals surface area contributed by atoms with Crippen molar-refractivity contribution < 1.29 is 5.11 Å². The number of aliphatic hydroxyl groups is 1. The quantitative estimate of drug-likeness (QED) is 0.579. The van der Waals surface area contributed by atoms with Crippen molar-refractivity contribution in [3.05, 3.63) is 64.8 Å². The van der Waals surface area contributed by atoms with Crippen LogP contribution in [0.2, 0.25) is 5.02 Å². The van der Waals surface area contributed by atoms with Crippen LogP contribution in [0, 0.1) is 18.3 Å². The number of hydrogen-bond donors (Lipinski definition) is 1. The zero-order valence-corrected chi connectivity index (χ0v) is 19.3. The highest BCUT2D eigenvalue weighted by atomic mass is 35.5. The summed E-state index contributed by atoms with van der Waals surface area (Å²) in [6.45, 7) is 9.50. The summed E-state index contributed by atoms with van der Waals surface area (Å²) >= 11 is 6.68. The molecule has 6 heteroatoms. The lowest BCUT2D eigenvalue weighted by atomic mass is 9.75. The molecule has 2 heterocycles. The van der Waals surface area contributed by atoms with Crippen LogP contribution in [-0.2, 0) is 6.54 Å². The van der Waals surface area contributed by atoms with E-state index in [-0.39, 0.29) is 12.0 Å². The van der Waals surface area contributed by atoms with Crippen LogP contribution < -0.4 is 0 Å². The SMILES string of the molecule is Cc1cccc(-n2cc(-c3ccc(CN4CCC[C@H](C(C)(C)CO)C4)c(Cl)c3)nn2)c1. The summed E-state index contributed by atoms with van der Waals surface area (Å²) in [5, 5.41) is 19.1. The molecule has 5 nitrogen and oxygen atoms in total. The van der Waals surface area contributed by atoms with Crippen molar-refractivity contribution in [1.82, 2.24) is 19.9 Å². The van der Waals surface area contributed by atoms with Crippen LogP contribution in [0.15, 0.2) is 48.7 Å². The molecule has 164 valence electrons. The molecule has 1 atom stereocenters. The largest absolute Gasteiger partial charge is 0.396 e. The molecule has 2 aromatic carbocycles. The molecule has 0 radical (unpaired) electrons. The highest BCUT2D eigenvalue weighted by Gasteiger charge is 2.32. The van der Waals surface area contributed by atoms with Crippen molar-refractivity contribution in [3.63, 3.8) is 0 Å². The molecule has 1 fully saturated rings. The monoisotopic (exact) mass is 438 g/mol. The number of benzene rings is 2. The summed E-state index contributed by atoms with van der Waals surface area (Å²) in [5.74, 6) is 0.501. The highest BCUT2D eigenvalue weighted by molar-refractivity contribution is 6.31. The third-order valence-electron chi connectivity index (χ3n) is 6.52. The summed E-state index contributed by atoms with van der Waals surface area (Å²) in [5.41, 5.74) is 5.02. The average Bonchev–Trinajstić information content (AvgIpc) is 3.26. The van der Waals surface area contributed by atoms with Crippen LogP contribution in [0.4, 0.5) is 0 Å². The molecule has 1 aromatic heterocycles. The van der Waals surface area contributed by atoms with Gasteiger partial charge in [-0.25, -0.2) is 4.68 Å². The van der Waals surface area contributed by atoms with Gasteiger partial charge in [0.1, 0.15) is 5.69 Å². The van der Waals surface area contributed by atoms with Gasteiger partial charge in [0.05, 0.1) is 11.9 Å². The Hall–Kier alpha value is -2.21. The van der Waals surface area contributed by atoms with Gasteiger partial charge in [0, 0.05) is 30.3 Å². The fourth-order valence-corrected chi connectivity index (χ4v) is 4.57. The second-order valence-corrected chi connectivity index (χ2v) is 9.82. The Kier molecular flexibility index (Phi) is 6.47. The topological polar surface area (TPSA) is 54.2 Å². The van der Waals surface area contributed by atoms with E-state index in [2.05, 4.69) is 60.2 Å². The molecule has 3 aromatic rings. The fraction of sp³-hybridized carbons (Fsp3) is 0.440. The standard InChI is InChI=1S/C25H31ClN4O/c1-18-6-4-8-22(12-18)30-16-24(27-28-30)19-9-10-20(23(26)13-19)14-29-11-5-7-21(15-29)25(2,3)17-31/h4,6,8-10,12-13,16,21,31H,5,7,11,14-15,17H2,1-3H3/t21-/m0/s1. The van der Waals surface area contributed by atoms with Gasteiger partial charge in [-0.2, -0.15) is 0 Å². The van der Waals surface area contributed by atoms with Crippen LogP contribution in [-0.4, -0.2) is 44.7 Å². The van der Waals surface area contributed by atoms with Gasteiger partial charge in [-0.3, -0.25) is 4.90 Å². The molecular formula is C25H31ClN4O. The van der Waals surface area contributed by atoms with Gasteiger partial charge in [0.2, 0.25) is 0 Å². The van der Waals surface area contributed by atoms with Crippen LogP contribution in [0.25, 0.3) is 16.9 Å². The minimum absolute atomic E-state index is 0.0462. The Morgan fingerprint density at radius 3 is 2.77 bits per heavy atom. The zero-order valence-electron chi connectivity index (χ0n) is 18.6. The minimum Gasteiger partial charge on any atom is -0.396 e. The number of hydrogen-bond acceptors (Lipinski definition) is 4. The number of halogens is 1. The lowest BCUT2D eigenvalue weighted by molar-refractivity contribution is 0.0382. The predicted molar refractivity (Wildman–Crippen MR) is 125 cm³/mol. The van der Waals surface area contributed by atoms with Crippen LogP contribution >= 0.6 is 11.6 Å². The van der Waals surface area contributed by atoms with E-state index in [4.69, 9.17) is 11.6 Å². The normalized spacial score (nSPS) is 17.8. The van der Waals surface area contributed by atoms with Gasteiger partial charge >= 0.3 is 0 Å². The molecule has 1 aliphatic heterocycles. The summed E-state index contributed by atoms with van der Waals surface area (Å²) < 4.78 is 1.79. The number of aromatic nitrogens is 3. The van der Waals surface area contributed by atoms with Gasteiger partial charge in [0.15, 0.2) is 0 Å². The number of rotatable bonds is 6.